The van der Waals surface area contributed by atoms with Gasteiger partial charge in [-0.25, -0.2) is 14.6 Å². The van der Waals surface area contributed by atoms with Crippen LogP contribution in [-0.4, -0.2) is 37.3 Å². The SMILES string of the molecule is CC(=O)N(C)c1ccc2c(c1)-c1ncnn1Cc1c(Cl)ncn1-2. The smallest absolute Gasteiger partial charge is 0.223 e. The minimum absolute atomic E-state index is 0.0357. The quantitative estimate of drug-likeness (QED) is 0.537. The van der Waals surface area contributed by atoms with E-state index in [9.17, 15) is 4.79 Å². The van der Waals surface area contributed by atoms with Gasteiger partial charge in [-0.1, -0.05) is 11.6 Å². The van der Waals surface area contributed by atoms with E-state index >= 15 is 0 Å². The molecule has 0 atom stereocenters. The van der Waals surface area contributed by atoms with Gasteiger partial charge in [0.15, 0.2) is 11.0 Å². The van der Waals surface area contributed by atoms with Gasteiger partial charge in [0, 0.05) is 25.2 Å². The predicted molar refractivity (Wildman–Crippen MR) is 85.8 cm³/mol. The topological polar surface area (TPSA) is 68.8 Å². The van der Waals surface area contributed by atoms with Crippen LogP contribution in [0.25, 0.3) is 17.1 Å². The fourth-order valence-electron chi connectivity index (χ4n) is 2.73. The van der Waals surface area contributed by atoms with E-state index < -0.39 is 0 Å². The van der Waals surface area contributed by atoms with Crippen LogP contribution in [0.2, 0.25) is 5.15 Å². The third-order valence-corrected chi connectivity index (χ3v) is 4.39. The van der Waals surface area contributed by atoms with Crippen LogP contribution in [0.4, 0.5) is 5.69 Å². The molecule has 0 bridgehead atoms. The number of carbonyl (C=O) groups excluding carboxylic acids is 1. The number of halogens is 1. The molecule has 1 aliphatic rings. The summed E-state index contributed by atoms with van der Waals surface area (Å²) in [6.45, 7) is 2.02. The lowest BCUT2D eigenvalue weighted by Crippen LogP contribution is -2.22. The first kappa shape index (κ1) is 14.0. The standard InChI is InChI=1S/C15H13ClN6O/c1-9(23)20(2)10-3-4-12-11(5-10)15-17-7-19-22(15)6-13-14(16)18-8-21(12)13/h3-5,7-8H,6H2,1-2H3. The molecule has 0 radical (unpaired) electrons. The molecule has 0 aliphatic carbocycles. The third kappa shape index (κ3) is 2.04. The van der Waals surface area contributed by atoms with E-state index in [0.717, 1.165) is 28.5 Å². The zero-order valence-corrected chi connectivity index (χ0v) is 13.3. The Kier molecular flexibility index (Phi) is 2.99. The van der Waals surface area contributed by atoms with Gasteiger partial charge in [-0.05, 0) is 18.2 Å². The number of hydrogen-bond acceptors (Lipinski definition) is 4. The van der Waals surface area contributed by atoms with E-state index in [1.54, 1.807) is 23.0 Å². The van der Waals surface area contributed by atoms with Crippen molar-refractivity contribution in [3.8, 4) is 17.1 Å². The minimum atomic E-state index is -0.0357. The number of imidazole rings is 1. The largest absolute Gasteiger partial charge is 0.316 e. The average Bonchev–Trinajstić information content (AvgIpc) is 3.11. The highest BCUT2D eigenvalue weighted by Gasteiger charge is 2.24. The molecule has 7 nitrogen and oxygen atoms in total. The molecule has 0 spiro atoms. The van der Waals surface area contributed by atoms with Crippen LogP contribution in [-0.2, 0) is 11.3 Å². The van der Waals surface area contributed by atoms with E-state index in [4.69, 9.17) is 11.6 Å². The fourth-order valence-corrected chi connectivity index (χ4v) is 2.93. The number of fused-ring (bicyclic) bond motifs is 5. The van der Waals surface area contributed by atoms with Gasteiger partial charge < -0.3 is 4.90 Å². The third-order valence-electron chi connectivity index (χ3n) is 4.07. The van der Waals surface area contributed by atoms with Crippen molar-refractivity contribution in [3.63, 3.8) is 0 Å². The van der Waals surface area contributed by atoms with Gasteiger partial charge in [0.2, 0.25) is 5.91 Å². The predicted octanol–water partition coefficient (Wildman–Crippen LogP) is 2.13. The molecule has 1 aromatic carbocycles. The number of aromatic nitrogens is 5. The van der Waals surface area contributed by atoms with Gasteiger partial charge in [-0.3, -0.25) is 9.36 Å². The molecule has 0 N–H and O–H groups in total. The first-order chi connectivity index (χ1) is 11.1. The molecule has 1 aliphatic heterocycles. The first-order valence-electron chi connectivity index (χ1n) is 7.05. The fraction of sp³-hybridized carbons (Fsp3) is 0.200. The summed E-state index contributed by atoms with van der Waals surface area (Å²) in [5, 5.41) is 4.72. The maximum Gasteiger partial charge on any atom is 0.223 e. The van der Waals surface area contributed by atoms with E-state index in [2.05, 4.69) is 15.1 Å². The normalized spacial score (nSPS) is 12.1. The Morgan fingerprint density at radius 1 is 1.35 bits per heavy atom. The first-order valence-corrected chi connectivity index (χ1v) is 7.42. The molecule has 0 unspecified atom stereocenters. The summed E-state index contributed by atoms with van der Waals surface area (Å²) in [6.07, 6.45) is 3.21. The van der Waals surface area contributed by atoms with E-state index in [-0.39, 0.29) is 5.91 Å². The lowest BCUT2D eigenvalue weighted by Gasteiger charge is -2.17. The zero-order chi connectivity index (χ0) is 16.1. The molecule has 23 heavy (non-hydrogen) atoms. The number of carbonyl (C=O) groups is 1. The lowest BCUT2D eigenvalue weighted by atomic mass is 10.1. The van der Waals surface area contributed by atoms with E-state index in [1.165, 1.54) is 13.3 Å². The maximum absolute atomic E-state index is 11.6. The Labute approximate surface area is 137 Å². The van der Waals surface area contributed by atoms with Gasteiger partial charge in [-0.15, -0.1) is 0 Å². The van der Waals surface area contributed by atoms with E-state index in [0.29, 0.717) is 11.7 Å². The summed E-state index contributed by atoms with van der Waals surface area (Å²) in [7, 11) is 1.74. The molecule has 0 saturated carbocycles. The second-order valence-electron chi connectivity index (χ2n) is 5.37. The summed E-state index contributed by atoms with van der Waals surface area (Å²) >= 11 is 6.21. The lowest BCUT2D eigenvalue weighted by molar-refractivity contribution is -0.116. The molecule has 0 fully saturated rings. The van der Waals surface area contributed by atoms with Crippen LogP contribution in [0.3, 0.4) is 0 Å². The van der Waals surface area contributed by atoms with Crippen LogP contribution in [0.15, 0.2) is 30.9 Å². The van der Waals surface area contributed by atoms with Gasteiger partial charge in [0.25, 0.3) is 0 Å². The Morgan fingerprint density at radius 2 is 2.17 bits per heavy atom. The molecule has 4 rings (SSSR count). The van der Waals surface area contributed by atoms with E-state index in [1.807, 2.05) is 22.8 Å². The summed E-state index contributed by atoms with van der Waals surface area (Å²) in [5.41, 5.74) is 3.43. The number of anilines is 1. The van der Waals surface area contributed by atoms with Crippen molar-refractivity contribution >= 4 is 23.2 Å². The number of amides is 1. The Bertz CT molecular complexity index is 928. The summed E-state index contributed by atoms with van der Waals surface area (Å²) in [4.78, 5) is 21.8. The highest BCUT2D eigenvalue weighted by Crippen LogP contribution is 2.34. The van der Waals surface area contributed by atoms with Gasteiger partial charge >= 0.3 is 0 Å². The average molecular weight is 329 g/mol. The zero-order valence-electron chi connectivity index (χ0n) is 12.6. The summed E-state index contributed by atoms with van der Waals surface area (Å²) in [5.74, 6) is 0.699. The van der Waals surface area contributed by atoms with Crippen LogP contribution in [0, 0.1) is 0 Å². The molecule has 2 aromatic heterocycles. The molecule has 8 heteroatoms. The van der Waals surface area contributed by atoms with Crippen molar-refractivity contribution in [1.82, 2.24) is 24.3 Å². The van der Waals surface area contributed by atoms with Crippen LogP contribution in [0.1, 0.15) is 12.6 Å². The highest BCUT2D eigenvalue weighted by molar-refractivity contribution is 6.30. The van der Waals surface area contributed by atoms with Crippen molar-refractivity contribution in [2.45, 2.75) is 13.5 Å². The van der Waals surface area contributed by atoms with Gasteiger partial charge in [-0.2, -0.15) is 5.10 Å². The Balaban J connectivity index is 1.99. The molecule has 0 saturated heterocycles. The second-order valence-corrected chi connectivity index (χ2v) is 5.73. The summed E-state index contributed by atoms with van der Waals surface area (Å²) < 4.78 is 3.72. The van der Waals surface area contributed by atoms with Crippen molar-refractivity contribution < 1.29 is 4.79 Å². The molecule has 116 valence electrons. The van der Waals surface area contributed by atoms with Gasteiger partial charge in [0.1, 0.15) is 12.7 Å². The van der Waals surface area contributed by atoms with Crippen molar-refractivity contribution in [3.05, 3.63) is 41.7 Å². The minimum Gasteiger partial charge on any atom is -0.316 e. The summed E-state index contributed by atoms with van der Waals surface area (Å²) in [6, 6.07) is 5.76. The number of hydrogen-bond donors (Lipinski definition) is 0. The highest BCUT2D eigenvalue weighted by atomic mass is 35.5. The monoisotopic (exact) mass is 328 g/mol. The van der Waals surface area contributed by atoms with Crippen LogP contribution < -0.4 is 4.90 Å². The molecular weight excluding hydrogens is 316 g/mol. The number of nitrogens with zero attached hydrogens (tertiary/aromatic N) is 6. The van der Waals surface area contributed by atoms with Crippen molar-refractivity contribution in [2.75, 3.05) is 11.9 Å². The molecule has 1 amide bonds. The van der Waals surface area contributed by atoms with Crippen molar-refractivity contribution in [2.24, 2.45) is 0 Å². The second kappa shape index (κ2) is 4.92. The Hall–Kier alpha value is -2.67. The number of benzene rings is 1. The maximum atomic E-state index is 11.6. The van der Waals surface area contributed by atoms with Gasteiger partial charge in [0.05, 0.1) is 17.9 Å². The van der Waals surface area contributed by atoms with Crippen molar-refractivity contribution in [1.29, 1.82) is 0 Å². The molecular formula is C15H13ClN6O. The molecule has 3 heterocycles. The van der Waals surface area contributed by atoms with Crippen LogP contribution in [0.5, 0.6) is 0 Å². The number of rotatable bonds is 1. The Morgan fingerprint density at radius 3 is 2.96 bits per heavy atom. The van der Waals surface area contributed by atoms with Crippen LogP contribution >= 0.6 is 11.6 Å². The molecule has 3 aromatic rings.